The minimum Gasteiger partial charge on any atom is -0.460 e. The lowest BCUT2D eigenvalue weighted by Gasteiger charge is -2.35. The smallest absolute Gasteiger partial charge is 0.333 e. The molecule has 0 N–H and O–H groups in total. The highest BCUT2D eigenvalue weighted by atomic mass is 16.6. The number of ether oxygens (including phenoxy) is 3. The Labute approximate surface area is 156 Å². The molecule has 0 aromatic rings. The van der Waals surface area contributed by atoms with Crippen molar-refractivity contribution in [2.45, 2.75) is 85.0 Å². The average molecular weight is 368 g/mol. The van der Waals surface area contributed by atoms with Crippen molar-refractivity contribution in [3.05, 3.63) is 12.2 Å². The number of esters is 3. The highest BCUT2D eigenvalue weighted by molar-refractivity contribution is 5.87. The summed E-state index contributed by atoms with van der Waals surface area (Å²) in [6.07, 6.45) is 0.425. The predicted octanol–water partition coefficient (Wildman–Crippen LogP) is 3.57. The topological polar surface area (TPSA) is 78.9 Å². The summed E-state index contributed by atoms with van der Waals surface area (Å²) in [5.41, 5.74) is -0.974. The molecule has 0 aromatic heterocycles. The van der Waals surface area contributed by atoms with Gasteiger partial charge in [0.1, 0.15) is 17.3 Å². The zero-order chi connectivity index (χ0) is 20.3. The first-order chi connectivity index (χ1) is 11.7. The van der Waals surface area contributed by atoms with Crippen LogP contribution >= 0.6 is 0 Å². The molecule has 0 heterocycles. The van der Waals surface area contributed by atoms with Crippen LogP contribution in [0.25, 0.3) is 0 Å². The molecule has 1 fully saturated rings. The quantitative estimate of drug-likeness (QED) is 0.429. The molecule has 0 saturated heterocycles. The Hall–Kier alpha value is -1.85. The van der Waals surface area contributed by atoms with E-state index in [0.29, 0.717) is 19.3 Å². The fourth-order valence-corrected chi connectivity index (χ4v) is 2.77. The van der Waals surface area contributed by atoms with Crippen molar-refractivity contribution in [2.24, 2.45) is 11.8 Å². The number of hydrogen-bond acceptors (Lipinski definition) is 6. The highest BCUT2D eigenvalue weighted by Crippen LogP contribution is 2.34. The normalized spacial score (nSPS) is 23.7. The molecular formula is C20H32O6. The summed E-state index contributed by atoms with van der Waals surface area (Å²) >= 11 is 0. The second-order valence-corrected chi connectivity index (χ2v) is 8.98. The van der Waals surface area contributed by atoms with E-state index < -0.39 is 35.1 Å². The molecule has 1 aliphatic rings. The third kappa shape index (κ3) is 7.58. The van der Waals surface area contributed by atoms with Crippen LogP contribution < -0.4 is 0 Å². The number of rotatable bonds is 4. The van der Waals surface area contributed by atoms with E-state index in [1.54, 1.807) is 48.5 Å². The molecule has 0 radical (unpaired) electrons. The zero-order valence-electron chi connectivity index (χ0n) is 17.0. The van der Waals surface area contributed by atoms with Gasteiger partial charge in [0.25, 0.3) is 0 Å². The molecule has 1 aliphatic carbocycles. The Morgan fingerprint density at radius 2 is 1.19 bits per heavy atom. The van der Waals surface area contributed by atoms with Crippen LogP contribution in [0.15, 0.2) is 12.2 Å². The summed E-state index contributed by atoms with van der Waals surface area (Å²) in [5.74, 6) is -2.35. The van der Waals surface area contributed by atoms with E-state index in [2.05, 4.69) is 6.58 Å². The summed E-state index contributed by atoms with van der Waals surface area (Å²) in [7, 11) is 0. The second-order valence-electron chi connectivity index (χ2n) is 8.98. The van der Waals surface area contributed by atoms with Gasteiger partial charge < -0.3 is 14.2 Å². The molecule has 6 heteroatoms. The van der Waals surface area contributed by atoms with E-state index in [4.69, 9.17) is 14.2 Å². The lowest BCUT2D eigenvalue weighted by Crippen LogP contribution is -2.41. The van der Waals surface area contributed by atoms with Gasteiger partial charge in [0.15, 0.2) is 0 Å². The summed E-state index contributed by atoms with van der Waals surface area (Å²) in [5, 5.41) is 0. The van der Waals surface area contributed by atoms with Crippen molar-refractivity contribution < 1.29 is 28.6 Å². The van der Waals surface area contributed by atoms with E-state index in [1.165, 1.54) is 0 Å². The molecule has 0 spiro atoms. The predicted molar refractivity (Wildman–Crippen MR) is 97.2 cm³/mol. The van der Waals surface area contributed by atoms with Crippen LogP contribution in [-0.4, -0.2) is 35.2 Å². The van der Waals surface area contributed by atoms with Crippen LogP contribution in [-0.2, 0) is 28.6 Å². The first-order valence-electron chi connectivity index (χ1n) is 9.00. The average Bonchev–Trinajstić information content (AvgIpc) is 2.43. The molecule has 0 aliphatic heterocycles. The maximum Gasteiger partial charge on any atom is 0.333 e. The van der Waals surface area contributed by atoms with Crippen LogP contribution in [0.5, 0.6) is 0 Å². The Bertz CT molecular complexity index is 528. The van der Waals surface area contributed by atoms with Gasteiger partial charge in [-0.05, 0) is 67.7 Å². The minimum absolute atomic E-state index is 0.276. The Morgan fingerprint density at radius 1 is 0.808 bits per heavy atom. The van der Waals surface area contributed by atoms with Crippen molar-refractivity contribution in [1.82, 2.24) is 0 Å². The summed E-state index contributed by atoms with van der Waals surface area (Å²) < 4.78 is 16.3. The van der Waals surface area contributed by atoms with Crippen molar-refractivity contribution in [3.63, 3.8) is 0 Å². The van der Waals surface area contributed by atoms with E-state index >= 15 is 0 Å². The Kier molecular flexibility index (Phi) is 7.02. The number of carbonyl (C=O) groups is 3. The molecule has 0 amide bonds. The molecule has 0 bridgehead atoms. The lowest BCUT2D eigenvalue weighted by molar-refractivity contribution is -0.173. The number of carbonyl (C=O) groups excluding carboxylic acids is 3. The molecule has 26 heavy (non-hydrogen) atoms. The van der Waals surface area contributed by atoms with Crippen LogP contribution in [0.1, 0.15) is 67.7 Å². The Morgan fingerprint density at radius 3 is 1.50 bits per heavy atom. The van der Waals surface area contributed by atoms with Gasteiger partial charge >= 0.3 is 17.9 Å². The van der Waals surface area contributed by atoms with Crippen LogP contribution in [0, 0.1) is 11.8 Å². The van der Waals surface area contributed by atoms with Crippen molar-refractivity contribution in [2.75, 3.05) is 0 Å². The van der Waals surface area contributed by atoms with Gasteiger partial charge in [0.2, 0.25) is 0 Å². The third-order valence-corrected chi connectivity index (χ3v) is 3.77. The summed E-state index contributed by atoms with van der Waals surface area (Å²) in [6.45, 7) is 15.9. The van der Waals surface area contributed by atoms with E-state index in [-0.39, 0.29) is 17.5 Å². The molecular weight excluding hydrogens is 336 g/mol. The van der Waals surface area contributed by atoms with Crippen LogP contribution in [0.2, 0.25) is 0 Å². The van der Waals surface area contributed by atoms with Crippen molar-refractivity contribution >= 4 is 17.9 Å². The van der Waals surface area contributed by atoms with E-state index in [0.717, 1.165) is 0 Å². The molecule has 148 valence electrons. The van der Waals surface area contributed by atoms with Gasteiger partial charge in [-0.1, -0.05) is 6.58 Å². The first kappa shape index (κ1) is 22.2. The van der Waals surface area contributed by atoms with Gasteiger partial charge in [0, 0.05) is 5.57 Å². The largest absolute Gasteiger partial charge is 0.460 e. The fraction of sp³-hybridized carbons (Fsp3) is 0.750. The molecule has 2 unspecified atom stereocenters. The molecule has 1 saturated carbocycles. The Balaban J connectivity index is 2.93. The molecule has 0 aromatic carbocycles. The lowest BCUT2D eigenvalue weighted by atomic mass is 9.79. The highest BCUT2D eigenvalue weighted by Gasteiger charge is 2.41. The van der Waals surface area contributed by atoms with Gasteiger partial charge in [-0.15, -0.1) is 0 Å². The van der Waals surface area contributed by atoms with Crippen LogP contribution in [0.3, 0.4) is 0 Å². The maximum absolute atomic E-state index is 12.5. The van der Waals surface area contributed by atoms with Crippen LogP contribution in [0.4, 0.5) is 0 Å². The molecule has 1 rings (SSSR count). The van der Waals surface area contributed by atoms with Gasteiger partial charge in [-0.3, -0.25) is 9.59 Å². The first-order valence-corrected chi connectivity index (χ1v) is 9.00. The summed E-state index contributed by atoms with van der Waals surface area (Å²) in [6, 6.07) is 0. The SMILES string of the molecule is C=C(C)C(=O)OC1CC(C(=O)OC(C)(C)C)CC(C(=O)OC(C)(C)C)C1. The molecule has 2 atom stereocenters. The van der Waals surface area contributed by atoms with E-state index in [1.807, 2.05) is 0 Å². The van der Waals surface area contributed by atoms with Gasteiger partial charge in [0.05, 0.1) is 11.8 Å². The van der Waals surface area contributed by atoms with E-state index in [9.17, 15) is 14.4 Å². The minimum atomic E-state index is -0.625. The number of hydrogen-bond donors (Lipinski definition) is 0. The standard InChI is InChI=1S/C20H32O6/c1-12(2)16(21)24-15-10-13(17(22)25-19(3,4)5)9-14(11-15)18(23)26-20(6,7)8/h13-15H,1,9-11H2,2-8H3. The second kappa shape index (κ2) is 8.23. The van der Waals surface area contributed by atoms with Crippen molar-refractivity contribution in [1.29, 1.82) is 0 Å². The fourth-order valence-electron chi connectivity index (χ4n) is 2.77. The molecule has 6 nitrogen and oxygen atoms in total. The van der Waals surface area contributed by atoms with Gasteiger partial charge in [-0.2, -0.15) is 0 Å². The van der Waals surface area contributed by atoms with Gasteiger partial charge in [-0.25, -0.2) is 4.79 Å². The maximum atomic E-state index is 12.5. The summed E-state index contributed by atoms with van der Waals surface area (Å²) in [4.78, 5) is 36.9. The monoisotopic (exact) mass is 368 g/mol. The third-order valence-electron chi connectivity index (χ3n) is 3.77. The van der Waals surface area contributed by atoms with Crippen molar-refractivity contribution in [3.8, 4) is 0 Å². The zero-order valence-corrected chi connectivity index (χ0v) is 17.0.